The lowest BCUT2D eigenvalue weighted by Gasteiger charge is -2.15. The Kier molecular flexibility index (Phi) is 4.08. The highest BCUT2D eigenvalue weighted by Crippen LogP contribution is 2.20. The van der Waals surface area contributed by atoms with Crippen molar-refractivity contribution in [2.45, 2.75) is 13.0 Å². The van der Waals surface area contributed by atoms with E-state index in [1.807, 2.05) is 6.92 Å². The van der Waals surface area contributed by atoms with Crippen molar-refractivity contribution in [1.29, 1.82) is 0 Å². The first kappa shape index (κ1) is 12.0. The van der Waals surface area contributed by atoms with E-state index in [0.29, 0.717) is 17.1 Å². The highest BCUT2D eigenvalue weighted by atomic mass is 32.2. The van der Waals surface area contributed by atoms with E-state index in [-0.39, 0.29) is 11.9 Å². The Balaban J connectivity index is 2.71. The van der Waals surface area contributed by atoms with Crippen molar-refractivity contribution >= 4 is 22.2 Å². The fourth-order valence-corrected chi connectivity index (χ4v) is 2.10. The lowest BCUT2D eigenvalue weighted by atomic mass is 10.2. The molecule has 84 valence electrons. The minimum absolute atomic E-state index is 0.0000617. The number of hydrogen-bond acceptors (Lipinski definition) is 3. The van der Waals surface area contributed by atoms with E-state index >= 15 is 0 Å². The highest BCUT2D eigenvalue weighted by Gasteiger charge is 2.07. The molecule has 0 radical (unpaired) electrons. The van der Waals surface area contributed by atoms with Gasteiger partial charge in [-0.2, -0.15) is 0 Å². The third kappa shape index (κ3) is 3.87. The van der Waals surface area contributed by atoms with E-state index in [2.05, 4.69) is 5.32 Å². The molecular formula is C10H15FN2OS. The predicted octanol–water partition coefficient (Wildman–Crippen LogP) is 1.59. The Morgan fingerprint density at radius 1 is 1.60 bits per heavy atom. The lowest BCUT2D eigenvalue weighted by molar-refractivity contribution is 0.628. The molecule has 0 fully saturated rings. The van der Waals surface area contributed by atoms with Crippen molar-refractivity contribution < 1.29 is 8.60 Å². The number of anilines is 2. The molecule has 1 aromatic carbocycles. The molecule has 5 heteroatoms. The Morgan fingerprint density at radius 2 is 2.27 bits per heavy atom. The van der Waals surface area contributed by atoms with Crippen molar-refractivity contribution in [3.8, 4) is 0 Å². The minimum atomic E-state index is -0.878. The van der Waals surface area contributed by atoms with Crippen LogP contribution in [0.5, 0.6) is 0 Å². The Labute approximate surface area is 91.3 Å². The zero-order valence-electron chi connectivity index (χ0n) is 8.79. The summed E-state index contributed by atoms with van der Waals surface area (Å²) < 4.78 is 23.9. The molecule has 1 rings (SSSR count). The van der Waals surface area contributed by atoms with Crippen LogP contribution in [0.2, 0.25) is 0 Å². The zero-order chi connectivity index (χ0) is 11.4. The van der Waals surface area contributed by atoms with Gasteiger partial charge < -0.3 is 11.1 Å². The molecule has 0 aromatic heterocycles. The molecule has 0 spiro atoms. The smallest absolute Gasteiger partial charge is 0.125 e. The maximum absolute atomic E-state index is 12.9. The molecule has 1 aromatic rings. The molecule has 3 nitrogen and oxygen atoms in total. The van der Waals surface area contributed by atoms with E-state index in [9.17, 15) is 8.60 Å². The van der Waals surface area contributed by atoms with Gasteiger partial charge in [0.05, 0.1) is 11.4 Å². The molecule has 2 atom stereocenters. The topological polar surface area (TPSA) is 55.1 Å². The molecule has 0 bridgehead atoms. The van der Waals surface area contributed by atoms with Gasteiger partial charge in [0.25, 0.3) is 0 Å². The predicted molar refractivity (Wildman–Crippen MR) is 62.8 cm³/mol. The molecule has 0 aliphatic heterocycles. The van der Waals surface area contributed by atoms with Crippen LogP contribution < -0.4 is 11.1 Å². The van der Waals surface area contributed by atoms with E-state index < -0.39 is 10.8 Å². The first-order chi connectivity index (χ1) is 6.99. The van der Waals surface area contributed by atoms with Gasteiger partial charge >= 0.3 is 0 Å². The lowest BCUT2D eigenvalue weighted by Crippen LogP contribution is -2.22. The first-order valence-corrected chi connectivity index (χ1v) is 6.33. The number of hydrogen-bond donors (Lipinski definition) is 2. The van der Waals surface area contributed by atoms with Crippen LogP contribution in [0.25, 0.3) is 0 Å². The second-order valence-electron chi connectivity index (χ2n) is 3.52. The van der Waals surface area contributed by atoms with Crippen LogP contribution in [-0.4, -0.2) is 22.3 Å². The number of halogens is 1. The molecule has 0 aliphatic carbocycles. The SMILES string of the molecule is CC(CS(C)=O)Nc1cc(F)ccc1N. The van der Waals surface area contributed by atoms with Crippen LogP contribution in [0, 0.1) is 5.82 Å². The quantitative estimate of drug-likeness (QED) is 0.772. The van der Waals surface area contributed by atoms with Gasteiger partial charge in [-0.1, -0.05) is 0 Å². The van der Waals surface area contributed by atoms with E-state index in [4.69, 9.17) is 5.73 Å². The maximum Gasteiger partial charge on any atom is 0.125 e. The second kappa shape index (κ2) is 5.11. The Hall–Kier alpha value is -1.10. The molecule has 0 amide bonds. The van der Waals surface area contributed by atoms with Crippen molar-refractivity contribution in [1.82, 2.24) is 0 Å². The summed E-state index contributed by atoms with van der Waals surface area (Å²) in [5.74, 6) is 0.173. The van der Waals surface area contributed by atoms with Crippen molar-refractivity contribution in [3.05, 3.63) is 24.0 Å². The van der Waals surface area contributed by atoms with Crippen molar-refractivity contribution in [2.24, 2.45) is 0 Å². The van der Waals surface area contributed by atoms with Crippen LogP contribution in [-0.2, 0) is 10.8 Å². The second-order valence-corrected chi connectivity index (χ2v) is 5.00. The van der Waals surface area contributed by atoms with Crippen LogP contribution in [0.4, 0.5) is 15.8 Å². The monoisotopic (exact) mass is 230 g/mol. The molecule has 0 aliphatic rings. The zero-order valence-corrected chi connectivity index (χ0v) is 9.60. The minimum Gasteiger partial charge on any atom is -0.397 e. The van der Waals surface area contributed by atoms with Gasteiger partial charge in [-0.25, -0.2) is 4.39 Å². The van der Waals surface area contributed by atoms with Gasteiger partial charge in [0, 0.05) is 28.9 Å². The third-order valence-corrected chi connectivity index (χ3v) is 2.87. The van der Waals surface area contributed by atoms with Gasteiger partial charge in [0.2, 0.25) is 0 Å². The average Bonchev–Trinajstić information content (AvgIpc) is 2.10. The summed E-state index contributed by atoms with van der Waals surface area (Å²) in [7, 11) is -0.878. The standard InChI is InChI=1S/C10H15FN2OS/c1-7(6-15(2)14)13-10-5-8(11)3-4-9(10)12/h3-5,7,13H,6,12H2,1-2H3. The summed E-state index contributed by atoms with van der Waals surface area (Å²) in [6.45, 7) is 1.88. The summed E-state index contributed by atoms with van der Waals surface area (Å²) in [5, 5.41) is 3.02. The summed E-state index contributed by atoms with van der Waals surface area (Å²) in [5.41, 5.74) is 6.70. The Morgan fingerprint density at radius 3 is 2.87 bits per heavy atom. The van der Waals surface area contributed by atoms with E-state index in [0.717, 1.165) is 0 Å². The van der Waals surface area contributed by atoms with Gasteiger partial charge in [-0.05, 0) is 25.1 Å². The van der Waals surface area contributed by atoms with Gasteiger partial charge in [0.1, 0.15) is 5.82 Å². The number of nitrogen functional groups attached to an aromatic ring is 1. The number of benzene rings is 1. The Bertz CT molecular complexity index is 370. The molecule has 2 unspecified atom stereocenters. The summed E-state index contributed by atoms with van der Waals surface area (Å²) in [6.07, 6.45) is 1.63. The van der Waals surface area contributed by atoms with Crippen LogP contribution in [0.1, 0.15) is 6.92 Å². The summed E-state index contributed by atoms with van der Waals surface area (Å²) in [6, 6.07) is 4.15. The van der Waals surface area contributed by atoms with Crippen LogP contribution in [0.3, 0.4) is 0 Å². The van der Waals surface area contributed by atoms with Crippen molar-refractivity contribution in [3.63, 3.8) is 0 Å². The average molecular weight is 230 g/mol. The molecular weight excluding hydrogens is 215 g/mol. The van der Waals surface area contributed by atoms with Gasteiger partial charge in [-0.15, -0.1) is 0 Å². The fourth-order valence-electron chi connectivity index (χ4n) is 1.31. The van der Waals surface area contributed by atoms with Crippen molar-refractivity contribution in [2.75, 3.05) is 23.1 Å². The molecule has 0 saturated carbocycles. The van der Waals surface area contributed by atoms with E-state index in [1.165, 1.54) is 18.2 Å². The largest absolute Gasteiger partial charge is 0.397 e. The highest BCUT2D eigenvalue weighted by molar-refractivity contribution is 7.84. The molecule has 15 heavy (non-hydrogen) atoms. The van der Waals surface area contributed by atoms with E-state index in [1.54, 1.807) is 6.26 Å². The van der Waals surface area contributed by atoms with Gasteiger partial charge in [0.15, 0.2) is 0 Å². The number of nitrogens with one attached hydrogen (secondary N) is 1. The summed E-state index contributed by atoms with van der Waals surface area (Å²) in [4.78, 5) is 0. The maximum atomic E-state index is 12.9. The molecule has 3 N–H and O–H groups in total. The molecule has 0 saturated heterocycles. The number of nitrogens with two attached hydrogens (primary N) is 1. The normalized spacial score (nSPS) is 14.6. The number of rotatable bonds is 4. The molecule has 0 heterocycles. The third-order valence-electron chi connectivity index (χ3n) is 1.90. The fraction of sp³-hybridized carbons (Fsp3) is 0.400. The van der Waals surface area contributed by atoms with Gasteiger partial charge in [-0.3, -0.25) is 4.21 Å². The first-order valence-electron chi connectivity index (χ1n) is 4.60. The summed E-state index contributed by atoms with van der Waals surface area (Å²) >= 11 is 0. The van der Waals surface area contributed by atoms with Crippen LogP contribution >= 0.6 is 0 Å². The van der Waals surface area contributed by atoms with Crippen LogP contribution in [0.15, 0.2) is 18.2 Å².